The zero-order valence-electron chi connectivity index (χ0n) is 53.9. The van der Waals surface area contributed by atoms with Crippen molar-refractivity contribution in [2.45, 2.75) is 425 Å². The van der Waals surface area contributed by atoms with Gasteiger partial charge in [0, 0.05) is 19.3 Å². The zero-order chi connectivity index (χ0) is 57.1. The first-order valence-electron chi connectivity index (χ1n) is 36.2. The number of hydrogen-bond donors (Lipinski definition) is 0. The Balaban J connectivity index is 4.02. The van der Waals surface area contributed by atoms with Gasteiger partial charge in [0.1, 0.15) is 13.2 Å². The SMILES string of the molecule is CCCC/C=C\CCCCCCCC(=O)OCC(COC(=O)CCCCCCCCCCCCCCCCCCCCCCCCCCCCCCCCCCC)OC(=O)CCCCCCCCCCCCCCCCCCC. The van der Waals surface area contributed by atoms with Gasteiger partial charge < -0.3 is 14.2 Å². The Hall–Kier alpha value is -1.85. The molecular formula is C73H140O6. The van der Waals surface area contributed by atoms with Crippen LogP contribution in [0.1, 0.15) is 419 Å². The van der Waals surface area contributed by atoms with E-state index >= 15 is 0 Å². The van der Waals surface area contributed by atoms with Crippen LogP contribution < -0.4 is 0 Å². The Labute approximate surface area is 494 Å². The molecule has 0 aromatic carbocycles. The van der Waals surface area contributed by atoms with Gasteiger partial charge in [-0.2, -0.15) is 0 Å². The highest BCUT2D eigenvalue weighted by atomic mass is 16.6. The number of allylic oxidation sites excluding steroid dienone is 2. The molecule has 0 aliphatic heterocycles. The number of rotatable bonds is 68. The van der Waals surface area contributed by atoms with Crippen LogP contribution in [0.2, 0.25) is 0 Å². The van der Waals surface area contributed by atoms with Crippen LogP contribution >= 0.6 is 0 Å². The summed E-state index contributed by atoms with van der Waals surface area (Å²) in [5.74, 6) is -0.844. The minimum atomic E-state index is -0.769. The topological polar surface area (TPSA) is 78.9 Å². The van der Waals surface area contributed by atoms with Gasteiger partial charge in [0.05, 0.1) is 0 Å². The van der Waals surface area contributed by atoms with Crippen LogP contribution in [0, 0.1) is 0 Å². The Morgan fingerprint density at radius 1 is 0.241 bits per heavy atom. The Morgan fingerprint density at radius 2 is 0.430 bits per heavy atom. The third kappa shape index (κ3) is 66.8. The lowest BCUT2D eigenvalue weighted by Crippen LogP contribution is -2.30. The van der Waals surface area contributed by atoms with E-state index in [1.165, 1.54) is 315 Å². The summed E-state index contributed by atoms with van der Waals surface area (Å²) in [6.45, 7) is 6.68. The molecule has 0 aliphatic carbocycles. The first-order valence-corrected chi connectivity index (χ1v) is 36.2. The molecule has 0 heterocycles. The molecule has 0 fully saturated rings. The number of carbonyl (C=O) groups excluding carboxylic acids is 3. The fraction of sp³-hybridized carbons (Fsp3) is 0.932. The highest BCUT2D eigenvalue weighted by molar-refractivity contribution is 5.71. The first-order chi connectivity index (χ1) is 39.0. The van der Waals surface area contributed by atoms with E-state index in [2.05, 4.69) is 32.9 Å². The molecular weight excluding hydrogens is 973 g/mol. The van der Waals surface area contributed by atoms with Crippen molar-refractivity contribution in [2.75, 3.05) is 13.2 Å². The fourth-order valence-corrected chi connectivity index (χ4v) is 11.3. The van der Waals surface area contributed by atoms with Gasteiger partial charge in [0.25, 0.3) is 0 Å². The summed E-state index contributed by atoms with van der Waals surface area (Å²) in [7, 11) is 0. The van der Waals surface area contributed by atoms with Crippen molar-refractivity contribution >= 4 is 17.9 Å². The maximum Gasteiger partial charge on any atom is 0.306 e. The summed E-state index contributed by atoms with van der Waals surface area (Å²) >= 11 is 0. The predicted molar refractivity (Wildman–Crippen MR) is 344 cm³/mol. The summed E-state index contributed by atoms with van der Waals surface area (Å²) in [6.07, 6.45) is 82.7. The Bertz CT molecular complexity index is 1230. The van der Waals surface area contributed by atoms with Gasteiger partial charge in [-0.05, 0) is 38.5 Å². The Morgan fingerprint density at radius 3 is 0.671 bits per heavy atom. The van der Waals surface area contributed by atoms with Crippen molar-refractivity contribution < 1.29 is 28.6 Å². The molecule has 0 aromatic rings. The number of hydrogen-bond acceptors (Lipinski definition) is 6. The molecule has 0 rings (SSSR count). The second-order valence-electron chi connectivity index (χ2n) is 24.9. The van der Waals surface area contributed by atoms with E-state index in [1.807, 2.05) is 0 Å². The second-order valence-corrected chi connectivity index (χ2v) is 24.9. The van der Waals surface area contributed by atoms with Crippen molar-refractivity contribution in [1.29, 1.82) is 0 Å². The monoisotopic (exact) mass is 1110 g/mol. The maximum atomic E-state index is 12.9. The number of carbonyl (C=O) groups is 3. The molecule has 0 radical (unpaired) electrons. The Kier molecular flexibility index (Phi) is 67.0. The molecule has 0 aliphatic rings. The molecule has 0 N–H and O–H groups in total. The van der Waals surface area contributed by atoms with Crippen molar-refractivity contribution in [1.82, 2.24) is 0 Å². The molecule has 6 nitrogen and oxygen atoms in total. The van der Waals surface area contributed by atoms with Crippen LogP contribution in [0.25, 0.3) is 0 Å². The second kappa shape index (κ2) is 68.6. The van der Waals surface area contributed by atoms with E-state index < -0.39 is 6.10 Å². The quantitative estimate of drug-likeness (QED) is 0.0261. The molecule has 6 heteroatoms. The molecule has 1 unspecified atom stereocenters. The van der Waals surface area contributed by atoms with Crippen LogP contribution in [0.5, 0.6) is 0 Å². The molecule has 0 aromatic heterocycles. The van der Waals surface area contributed by atoms with Crippen LogP contribution in [-0.4, -0.2) is 37.2 Å². The summed E-state index contributed by atoms with van der Waals surface area (Å²) < 4.78 is 16.9. The van der Waals surface area contributed by atoms with Gasteiger partial charge in [-0.25, -0.2) is 0 Å². The molecule has 468 valence electrons. The van der Waals surface area contributed by atoms with Crippen molar-refractivity contribution in [3.05, 3.63) is 12.2 Å². The molecule has 0 spiro atoms. The molecule has 0 bridgehead atoms. The van der Waals surface area contributed by atoms with E-state index in [0.717, 1.165) is 64.2 Å². The average Bonchev–Trinajstić information content (AvgIpc) is 3.45. The number of ether oxygens (including phenoxy) is 3. The lowest BCUT2D eigenvalue weighted by atomic mass is 10.0. The van der Waals surface area contributed by atoms with E-state index in [9.17, 15) is 14.4 Å². The van der Waals surface area contributed by atoms with Gasteiger partial charge in [0.15, 0.2) is 6.10 Å². The van der Waals surface area contributed by atoms with Crippen LogP contribution in [0.15, 0.2) is 12.2 Å². The molecule has 0 saturated carbocycles. The standard InChI is InChI=1S/C73H140O6/c1-4-7-10-13-16-19-22-24-26-28-29-30-31-32-33-34-35-36-37-38-39-40-41-42-43-45-46-48-51-54-57-60-63-66-72(75)78-69-70(68-77-71(74)65-62-59-56-53-50-21-18-15-12-9-6-3)79-73(76)67-64-61-58-55-52-49-47-44-27-25-23-20-17-14-11-8-5-2/h15,18,70H,4-14,16-17,19-69H2,1-3H3/b18-15-. The van der Waals surface area contributed by atoms with Gasteiger partial charge >= 0.3 is 17.9 Å². The van der Waals surface area contributed by atoms with E-state index in [1.54, 1.807) is 0 Å². The minimum absolute atomic E-state index is 0.0660. The van der Waals surface area contributed by atoms with E-state index in [-0.39, 0.29) is 31.1 Å². The summed E-state index contributed by atoms with van der Waals surface area (Å²) in [5.41, 5.74) is 0. The predicted octanol–water partition coefficient (Wildman–Crippen LogP) is 24.8. The van der Waals surface area contributed by atoms with Gasteiger partial charge in [-0.15, -0.1) is 0 Å². The van der Waals surface area contributed by atoms with Crippen LogP contribution in [0.4, 0.5) is 0 Å². The lowest BCUT2D eigenvalue weighted by Gasteiger charge is -2.18. The highest BCUT2D eigenvalue weighted by Crippen LogP contribution is 2.19. The van der Waals surface area contributed by atoms with Gasteiger partial charge in [-0.1, -0.05) is 373 Å². The fourth-order valence-electron chi connectivity index (χ4n) is 11.3. The molecule has 1 atom stereocenters. The van der Waals surface area contributed by atoms with Crippen molar-refractivity contribution in [3.63, 3.8) is 0 Å². The smallest absolute Gasteiger partial charge is 0.306 e. The minimum Gasteiger partial charge on any atom is -0.462 e. The third-order valence-electron chi connectivity index (χ3n) is 16.8. The van der Waals surface area contributed by atoms with E-state index in [4.69, 9.17) is 14.2 Å². The molecule has 79 heavy (non-hydrogen) atoms. The summed E-state index contributed by atoms with van der Waals surface area (Å²) in [6, 6.07) is 0. The lowest BCUT2D eigenvalue weighted by molar-refractivity contribution is -0.167. The number of esters is 3. The zero-order valence-corrected chi connectivity index (χ0v) is 53.9. The maximum absolute atomic E-state index is 12.9. The third-order valence-corrected chi connectivity index (χ3v) is 16.8. The highest BCUT2D eigenvalue weighted by Gasteiger charge is 2.19. The van der Waals surface area contributed by atoms with Crippen LogP contribution in [-0.2, 0) is 28.6 Å². The average molecular weight is 1110 g/mol. The molecule has 0 saturated heterocycles. The summed E-state index contributed by atoms with van der Waals surface area (Å²) in [4.78, 5) is 38.3. The first kappa shape index (κ1) is 77.2. The normalized spacial score (nSPS) is 12.0. The van der Waals surface area contributed by atoms with Gasteiger partial charge in [-0.3, -0.25) is 14.4 Å². The van der Waals surface area contributed by atoms with Crippen molar-refractivity contribution in [3.8, 4) is 0 Å². The number of unbranched alkanes of at least 4 members (excludes halogenated alkanes) is 55. The van der Waals surface area contributed by atoms with E-state index in [0.29, 0.717) is 19.3 Å². The largest absolute Gasteiger partial charge is 0.462 e. The van der Waals surface area contributed by atoms with Crippen LogP contribution in [0.3, 0.4) is 0 Å². The molecule has 0 amide bonds. The summed E-state index contributed by atoms with van der Waals surface area (Å²) in [5, 5.41) is 0. The van der Waals surface area contributed by atoms with Gasteiger partial charge in [0.2, 0.25) is 0 Å². The van der Waals surface area contributed by atoms with Crippen molar-refractivity contribution in [2.24, 2.45) is 0 Å².